The van der Waals surface area contributed by atoms with Crippen molar-refractivity contribution >= 4 is 22.8 Å². The third-order valence-corrected chi connectivity index (χ3v) is 3.51. The maximum atomic E-state index is 12.1. The highest BCUT2D eigenvalue weighted by Gasteiger charge is 2.13. The van der Waals surface area contributed by atoms with E-state index >= 15 is 0 Å². The summed E-state index contributed by atoms with van der Waals surface area (Å²) >= 11 is 0. The van der Waals surface area contributed by atoms with Gasteiger partial charge in [-0.3, -0.25) is 4.79 Å². The summed E-state index contributed by atoms with van der Waals surface area (Å²) in [7, 11) is 1.53. The molecule has 126 valence electrons. The van der Waals surface area contributed by atoms with Crippen LogP contribution < -0.4 is 20.8 Å². The zero-order valence-corrected chi connectivity index (χ0v) is 13.1. The van der Waals surface area contributed by atoms with Gasteiger partial charge in [-0.15, -0.1) is 0 Å². The molecule has 3 rings (SSSR count). The highest BCUT2D eigenvalue weighted by Crippen LogP contribution is 2.22. The number of primary amides is 1. The molecular weight excluding hydrogens is 326 g/mol. The molecule has 1 aromatic heterocycles. The van der Waals surface area contributed by atoms with Gasteiger partial charge in [0.1, 0.15) is 22.6 Å². The summed E-state index contributed by atoms with van der Waals surface area (Å²) in [5.41, 5.74) is 4.54. The van der Waals surface area contributed by atoms with Gasteiger partial charge in [0.05, 0.1) is 12.7 Å². The molecule has 0 unspecified atom stereocenters. The van der Waals surface area contributed by atoms with Crippen molar-refractivity contribution < 1.29 is 23.5 Å². The summed E-state index contributed by atoms with van der Waals surface area (Å²) in [6.45, 7) is 0. The molecule has 0 aliphatic heterocycles. The molecule has 2 aromatic carbocycles. The second-order valence-electron chi connectivity index (χ2n) is 5.13. The highest BCUT2D eigenvalue weighted by molar-refractivity contribution is 5.96. The van der Waals surface area contributed by atoms with E-state index in [1.165, 1.54) is 25.3 Å². The molecule has 0 aliphatic rings. The Kier molecular flexibility index (Phi) is 4.21. The van der Waals surface area contributed by atoms with Gasteiger partial charge in [0, 0.05) is 11.5 Å². The van der Waals surface area contributed by atoms with Gasteiger partial charge < -0.3 is 19.6 Å². The fraction of sp³-hybridized carbons (Fsp3) is 0.0556. The molecule has 3 aromatic rings. The maximum Gasteiger partial charge on any atom is 0.349 e. The van der Waals surface area contributed by atoms with Gasteiger partial charge in [0.25, 0.3) is 5.91 Å². The molecular formula is C18H13NO6. The zero-order valence-electron chi connectivity index (χ0n) is 13.1. The van der Waals surface area contributed by atoms with Crippen molar-refractivity contribution in [1.82, 2.24) is 0 Å². The average Bonchev–Trinajstić information content (AvgIpc) is 2.60. The summed E-state index contributed by atoms with van der Waals surface area (Å²) in [6, 6.07) is 12.2. The van der Waals surface area contributed by atoms with Gasteiger partial charge in [-0.05, 0) is 42.5 Å². The van der Waals surface area contributed by atoms with Crippen molar-refractivity contribution in [2.24, 2.45) is 5.73 Å². The van der Waals surface area contributed by atoms with Crippen LogP contribution in [0.5, 0.6) is 11.5 Å². The number of methoxy groups -OCH3 is 1. The van der Waals surface area contributed by atoms with Crippen molar-refractivity contribution in [1.29, 1.82) is 0 Å². The SMILES string of the molecule is COc1ccc(C(=O)Oc2ccc3cc(C(N)=O)c(=O)oc3c2)cc1. The van der Waals surface area contributed by atoms with Crippen LogP contribution in [0, 0.1) is 0 Å². The number of hydrogen-bond acceptors (Lipinski definition) is 6. The molecule has 0 saturated carbocycles. The monoisotopic (exact) mass is 339 g/mol. The smallest absolute Gasteiger partial charge is 0.349 e. The summed E-state index contributed by atoms with van der Waals surface area (Å²) < 4.78 is 15.3. The summed E-state index contributed by atoms with van der Waals surface area (Å²) in [6.07, 6.45) is 0. The number of esters is 1. The Labute approximate surface area is 141 Å². The topological polar surface area (TPSA) is 109 Å². The number of ether oxygens (including phenoxy) is 2. The van der Waals surface area contributed by atoms with Crippen molar-refractivity contribution in [2.45, 2.75) is 0 Å². The van der Waals surface area contributed by atoms with Crippen molar-refractivity contribution in [3.05, 3.63) is 70.1 Å². The second kappa shape index (κ2) is 6.48. The van der Waals surface area contributed by atoms with E-state index < -0.39 is 17.5 Å². The second-order valence-corrected chi connectivity index (χ2v) is 5.13. The molecule has 25 heavy (non-hydrogen) atoms. The van der Waals surface area contributed by atoms with E-state index in [2.05, 4.69) is 0 Å². The number of carbonyl (C=O) groups is 2. The molecule has 1 heterocycles. The van der Waals surface area contributed by atoms with Crippen LogP contribution in [-0.4, -0.2) is 19.0 Å². The Morgan fingerprint density at radius 3 is 2.32 bits per heavy atom. The molecule has 0 spiro atoms. The molecule has 2 N–H and O–H groups in total. The quantitative estimate of drug-likeness (QED) is 0.443. The molecule has 0 bridgehead atoms. The van der Waals surface area contributed by atoms with Gasteiger partial charge in [0.15, 0.2) is 0 Å². The molecule has 0 fully saturated rings. The fourth-order valence-electron chi connectivity index (χ4n) is 2.22. The van der Waals surface area contributed by atoms with E-state index in [0.717, 1.165) is 0 Å². The molecule has 0 saturated heterocycles. The van der Waals surface area contributed by atoms with Crippen LogP contribution >= 0.6 is 0 Å². The largest absolute Gasteiger partial charge is 0.497 e. The Morgan fingerprint density at radius 2 is 1.68 bits per heavy atom. The number of benzene rings is 2. The lowest BCUT2D eigenvalue weighted by Gasteiger charge is -2.06. The lowest BCUT2D eigenvalue weighted by atomic mass is 10.1. The molecule has 7 nitrogen and oxygen atoms in total. The predicted octanol–water partition coefficient (Wildman–Crippen LogP) is 2.12. The number of hydrogen-bond donors (Lipinski definition) is 1. The van der Waals surface area contributed by atoms with Crippen molar-refractivity contribution in [3.63, 3.8) is 0 Å². The van der Waals surface area contributed by atoms with E-state index in [1.807, 2.05) is 0 Å². The average molecular weight is 339 g/mol. The predicted molar refractivity (Wildman–Crippen MR) is 89.0 cm³/mol. The van der Waals surface area contributed by atoms with Gasteiger partial charge in [-0.25, -0.2) is 9.59 Å². The minimum Gasteiger partial charge on any atom is -0.497 e. The molecule has 1 amide bonds. The standard InChI is InChI=1S/C18H13NO6/c1-23-12-5-2-10(3-6-12)17(21)24-13-7-4-11-8-14(16(19)20)18(22)25-15(11)9-13/h2-9H,1H3,(H2,19,20). The van der Waals surface area contributed by atoms with E-state index in [4.69, 9.17) is 19.6 Å². The van der Waals surface area contributed by atoms with Crippen LogP contribution in [-0.2, 0) is 0 Å². The van der Waals surface area contributed by atoms with Gasteiger partial charge >= 0.3 is 11.6 Å². The first-order valence-corrected chi connectivity index (χ1v) is 7.22. The summed E-state index contributed by atoms with van der Waals surface area (Å²) in [5.74, 6) is -0.624. The lowest BCUT2D eigenvalue weighted by Crippen LogP contribution is -2.20. The minimum atomic E-state index is -0.870. The summed E-state index contributed by atoms with van der Waals surface area (Å²) in [5, 5.41) is 0.484. The van der Waals surface area contributed by atoms with Crippen LogP contribution in [0.3, 0.4) is 0 Å². The van der Waals surface area contributed by atoms with E-state index in [1.54, 1.807) is 30.3 Å². The summed E-state index contributed by atoms with van der Waals surface area (Å²) in [4.78, 5) is 35.0. The first kappa shape index (κ1) is 16.3. The number of rotatable bonds is 4. The number of carbonyl (C=O) groups excluding carboxylic acids is 2. The van der Waals surface area contributed by atoms with Gasteiger partial charge in [-0.1, -0.05) is 0 Å². The Hall–Kier alpha value is -3.61. The molecule has 0 radical (unpaired) electrons. The first-order valence-electron chi connectivity index (χ1n) is 7.22. The van der Waals surface area contributed by atoms with Crippen LogP contribution in [0.25, 0.3) is 11.0 Å². The molecule has 0 aliphatic carbocycles. The van der Waals surface area contributed by atoms with Crippen LogP contribution in [0.4, 0.5) is 0 Å². The van der Waals surface area contributed by atoms with Crippen LogP contribution in [0.15, 0.2) is 57.7 Å². The Bertz CT molecular complexity index is 1020. The van der Waals surface area contributed by atoms with Gasteiger partial charge in [-0.2, -0.15) is 0 Å². The van der Waals surface area contributed by atoms with Gasteiger partial charge in [0.2, 0.25) is 0 Å². The van der Waals surface area contributed by atoms with Crippen LogP contribution in [0.1, 0.15) is 20.7 Å². The molecule has 0 atom stereocenters. The van der Waals surface area contributed by atoms with Crippen LogP contribution in [0.2, 0.25) is 0 Å². The van der Waals surface area contributed by atoms with E-state index in [0.29, 0.717) is 16.7 Å². The fourth-order valence-corrected chi connectivity index (χ4v) is 2.22. The van der Waals surface area contributed by atoms with E-state index in [-0.39, 0.29) is 16.9 Å². The molecule has 7 heteroatoms. The zero-order chi connectivity index (χ0) is 18.0. The lowest BCUT2D eigenvalue weighted by molar-refractivity contribution is 0.0734. The van der Waals surface area contributed by atoms with Crippen molar-refractivity contribution in [2.75, 3.05) is 7.11 Å². The Morgan fingerprint density at radius 1 is 1.00 bits per heavy atom. The number of fused-ring (bicyclic) bond motifs is 1. The van der Waals surface area contributed by atoms with E-state index in [9.17, 15) is 14.4 Å². The van der Waals surface area contributed by atoms with Crippen molar-refractivity contribution in [3.8, 4) is 11.5 Å². The number of amides is 1. The normalized spacial score (nSPS) is 10.4. The number of nitrogens with two attached hydrogens (primary N) is 1. The first-order chi connectivity index (χ1) is 12.0. The minimum absolute atomic E-state index is 0.176. The highest BCUT2D eigenvalue weighted by atomic mass is 16.5. The maximum absolute atomic E-state index is 12.1. The third-order valence-electron chi connectivity index (χ3n) is 3.51. The third kappa shape index (κ3) is 3.35. The Balaban J connectivity index is 1.88.